The van der Waals surface area contributed by atoms with E-state index in [1.807, 2.05) is 0 Å². The number of rotatable bonds is 5. The number of carbonyl (C=O) groups is 3. The summed E-state index contributed by atoms with van der Waals surface area (Å²) in [5.74, 6) is -3.10. The number of hydrogen-bond donors (Lipinski definition) is 1. The van der Waals surface area contributed by atoms with Crippen molar-refractivity contribution in [2.24, 2.45) is 5.92 Å². The molecule has 2 aliphatic heterocycles. The summed E-state index contributed by atoms with van der Waals surface area (Å²) in [5.41, 5.74) is 1.51. The number of hydrogen-bond acceptors (Lipinski definition) is 6. The summed E-state index contributed by atoms with van der Waals surface area (Å²) in [7, 11) is 0. The quantitative estimate of drug-likeness (QED) is 0.288. The van der Waals surface area contributed by atoms with Crippen molar-refractivity contribution in [3.63, 3.8) is 0 Å². The largest absolute Gasteiger partial charge is 0.325 e. The number of benzene rings is 3. The van der Waals surface area contributed by atoms with Crippen LogP contribution in [-0.4, -0.2) is 27.5 Å². The first-order valence-corrected chi connectivity index (χ1v) is 14.5. The zero-order valence-corrected chi connectivity index (χ0v) is 23.5. The van der Waals surface area contributed by atoms with Crippen LogP contribution in [-0.2, 0) is 20.9 Å². The molecule has 12 heteroatoms. The number of thiazole rings is 1. The Hall–Kier alpha value is -3.44. The molecule has 7 nitrogen and oxygen atoms in total. The fourth-order valence-corrected chi connectivity index (χ4v) is 8.03. The SMILES string of the molecule is O=C(Cn1c2c(sc1=O)[C@H](c1ccc(Cl)cc1)C1C(=O)N(c3ccc(Cl)cc3)C(=O)C1S2)Nc1ccc(F)cc1. The van der Waals surface area contributed by atoms with Crippen molar-refractivity contribution < 1.29 is 18.8 Å². The molecule has 6 rings (SSSR count). The van der Waals surface area contributed by atoms with Crippen LogP contribution < -0.4 is 15.1 Å². The highest BCUT2D eigenvalue weighted by Crippen LogP contribution is 2.54. The number of thioether (sulfide) groups is 1. The molecular formula is C28H18Cl2FN3O4S2. The van der Waals surface area contributed by atoms with Gasteiger partial charge < -0.3 is 5.32 Å². The zero-order valence-electron chi connectivity index (χ0n) is 20.3. The van der Waals surface area contributed by atoms with E-state index in [4.69, 9.17) is 23.2 Å². The lowest BCUT2D eigenvalue weighted by molar-refractivity contribution is -0.122. The molecule has 2 unspecified atom stereocenters. The molecule has 2 aliphatic rings. The van der Waals surface area contributed by atoms with Crippen LogP contribution in [0.4, 0.5) is 15.8 Å². The molecular weight excluding hydrogens is 596 g/mol. The van der Waals surface area contributed by atoms with Crippen molar-refractivity contribution in [3.05, 3.63) is 109 Å². The van der Waals surface area contributed by atoms with Crippen LogP contribution in [0.2, 0.25) is 10.0 Å². The third-order valence-electron chi connectivity index (χ3n) is 6.79. The Balaban J connectivity index is 1.40. The molecule has 3 heterocycles. The molecule has 1 fully saturated rings. The molecule has 0 bridgehead atoms. The predicted molar refractivity (Wildman–Crippen MR) is 154 cm³/mol. The van der Waals surface area contributed by atoms with Crippen molar-refractivity contribution in [3.8, 4) is 0 Å². The van der Waals surface area contributed by atoms with Gasteiger partial charge in [0.05, 0.1) is 16.6 Å². The van der Waals surface area contributed by atoms with Gasteiger partial charge in [-0.3, -0.25) is 23.7 Å². The Morgan fingerprint density at radius 1 is 0.875 bits per heavy atom. The number of amides is 3. The normalized spacial score (nSPS) is 19.9. The van der Waals surface area contributed by atoms with E-state index in [1.165, 1.54) is 33.7 Å². The molecule has 1 N–H and O–H groups in total. The third-order valence-corrected chi connectivity index (χ3v) is 9.90. The number of fused-ring (bicyclic) bond motifs is 2. The highest BCUT2D eigenvalue weighted by molar-refractivity contribution is 8.00. The summed E-state index contributed by atoms with van der Waals surface area (Å²) in [5, 5.41) is 3.28. The van der Waals surface area contributed by atoms with Crippen LogP contribution >= 0.6 is 46.3 Å². The molecule has 0 aliphatic carbocycles. The molecule has 1 aromatic heterocycles. The molecule has 40 heavy (non-hydrogen) atoms. The van der Waals surface area contributed by atoms with E-state index in [1.54, 1.807) is 48.5 Å². The van der Waals surface area contributed by atoms with Crippen molar-refractivity contribution in [2.75, 3.05) is 10.2 Å². The highest BCUT2D eigenvalue weighted by atomic mass is 35.5. The van der Waals surface area contributed by atoms with E-state index in [0.29, 0.717) is 31.3 Å². The van der Waals surface area contributed by atoms with E-state index in [-0.39, 0.29) is 17.3 Å². The molecule has 3 atom stereocenters. The summed E-state index contributed by atoms with van der Waals surface area (Å²) >= 11 is 14.2. The van der Waals surface area contributed by atoms with Crippen molar-refractivity contribution in [1.29, 1.82) is 0 Å². The van der Waals surface area contributed by atoms with E-state index in [0.717, 1.165) is 28.7 Å². The number of aromatic nitrogens is 1. The van der Waals surface area contributed by atoms with Gasteiger partial charge in [-0.2, -0.15) is 0 Å². The molecule has 3 aromatic carbocycles. The molecule has 1 saturated heterocycles. The molecule has 3 amide bonds. The molecule has 4 aromatic rings. The van der Waals surface area contributed by atoms with Crippen molar-refractivity contribution in [2.45, 2.75) is 22.7 Å². The summed E-state index contributed by atoms with van der Waals surface area (Å²) in [4.78, 5) is 55.0. The number of imide groups is 1. The second-order valence-electron chi connectivity index (χ2n) is 9.26. The first-order valence-electron chi connectivity index (χ1n) is 12.1. The average Bonchev–Trinajstić information content (AvgIpc) is 3.37. The Kier molecular flexibility index (Phi) is 7.03. The zero-order chi connectivity index (χ0) is 28.1. The number of carbonyl (C=O) groups excluding carboxylic acids is 3. The maximum absolute atomic E-state index is 13.9. The van der Waals surface area contributed by atoms with Gasteiger partial charge >= 0.3 is 4.87 Å². The van der Waals surface area contributed by atoms with Crippen molar-refractivity contribution >= 4 is 75.4 Å². The first kappa shape index (κ1) is 26.8. The predicted octanol–water partition coefficient (Wildman–Crippen LogP) is 5.79. The number of nitrogens with one attached hydrogen (secondary N) is 1. The maximum Gasteiger partial charge on any atom is 0.308 e. The van der Waals surface area contributed by atoms with Gasteiger partial charge in [-0.1, -0.05) is 58.4 Å². The summed E-state index contributed by atoms with van der Waals surface area (Å²) in [6.07, 6.45) is 0. The standard InChI is InChI=1S/C28H18Cl2FN3O4S2/c29-15-3-1-14(2-4-15)21-22-23(26(37)34(25(22)36)19-11-5-16(30)6-12-19)39-27-24(21)40-28(38)33(27)13-20(35)32-18-9-7-17(31)8-10-18/h1-12,21-23H,13H2,(H,32,35)/t21-,22?,23?/m1/s1. The molecule has 0 saturated carbocycles. The van der Waals surface area contributed by atoms with Crippen LogP contribution in [0.3, 0.4) is 0 Å². The monoisotopic (exact) mass is 613 g/mol. The fraction of sp³-hybridized carbons (Fsp3) is 0.143. The van der Waals surface area contributed by atoms with Crippen LogP contribution in [0, 0.1) is 11.7 Å². The van der Waals surface area contributed by atoms with E-state index in [2.05, 4.69) is 5.32 Å². The van der Waals surface area contributed by atoms with Crippen LogP contribution in [0.25, 0.3) is 0 Å². The highest BCUT2D eigenvalue weighted by Gasteiger charge is 2.56. The molecule has 202 valence electrons. The first-order chi connectivity index (χ1) is 19.2. The van der Waals surface area contributed by atoms with Crippen LogP contribution in [0.1, 0.15) is 16.4 Å². The van der Waals surface area contributed by atoms with E-state index < -0.39 is 34.7 Å². The van der Waals surface area contributed by atoms with Gasteiger partial charge in [-0.15, -0.1) is 0 Å². The average molecular weight is 615 g/mol. The number of anilines is 2. The van der Waals surface area contributed by atoms with E-state index in [9.17, 15) is 23.6 Å². The number of nitrogens with zero attached hydrogens (tertiary/aromatic N) is 2. The van der Waals surface area contributed by atoms with Gasteiger partial charge in [0.15, 0.2) is 0 Å². The Morgan fingerprint density at radius 3 is 2.15 bits per heavy atom. The minimum absolute atomic E-state index is 0.317. The van der Waals surface area contributed by atoms with Gasteiger partial charge in [0.2, 0.25) is 17.7 Å². The van der Waals surface area contributed by atoms with Crippen LogP contribution in [0.5, 0.6) is 0 Å². The van der Waals surface area contributed by atoms with E-state index >= 15 is 0 Å². The number of halogens is 3. The lowest BCUT2D eigenvalue weighted by atomic mass is 9.83. The Morgan fingerprint density at radius 2 is 1.50 bits per heavy atom. The fourth-order valence-electron chi connectivity index (χ4n) is 5.01. The van der Waals surface area contributed by atoms with Gasteiger partial charge in [0.1, 0.15) is 17.6 Å². The Labute approximate surface area is 245 Å². The molecule has 0 radical (unpaired) electrons. The second-order valence-corrected chi connectivity index (χ2v) is 12.3. The minimum atomic E-state index is -0.822. The molecule has 0 spiro atoms. The summed E-state index contributed by atoms with van der Waals surface area (Å²) in [6, 6.07) is 18.7. The Bertz CT molecular complexity index is 1710. The second kappa shape index (κ2) is 10.5. The van der Waals surface area contributed by atoms with Gasteiger partial charge in [0.25, 0.3) is 0 Å². The smallest absolute Gasteiger partial charge is 0.308 e. The lowest BCUT2D eigenvalue weighted by Crippen LogP contribution is -2.33. The summed E-state index contributed by atoms with van der Waals surface area (Å²) < 4.78 is 14.6. The lowest BCUT2D eigenvalue weighted by Gasteiger charge is -2.30. The van der Waals surface area contributed by atoms with Gasteiger partial charge in [0, 0.05) is 26.5 Å². The summed E-state index contributed by atoms with van der Waals surface area (Å²) in [6.45, 7) is -0.317. The van der Waals surface area contributed by atoms with Crippen LogP contribution in [0.15, 0.2) is 82.6 Å². The maximum atomic E-state index is 13.9. The van der Waals surface area contributed by atoms with Gasteiger partial charge in [-0.25, -0.2) is 9.29 Å². The van der Waals surface area contributed by atoms with Crippen molar-refractivity contribution in [1.82, 2.24) is 4.57 Å². The van der Waals surface area contributed by atoms with Gasteiger partial charge in [-0.05, 0) is 66.2 Å². The minimum Gasteiger partial charge on any atom is -0.325 e. The topological polar surface area (TPSA) is 88.5 Å². The third kappa shape index (κ3) is 4.75.